The lowest BCUT2D eigenvalue weighted by molar-refractivity contribution is -0.115. The van der Waals surface area contributed by atoms with E-state index < -0.39 is 8.32 Å². The topological polar surface area (TPSA) is 61.8 Å². The molecule has 1 unspecified atom stereocenters. The molecule has 0 saturated heterocycles. The minimum atomic E-state index is -1.86. The zero-order valence-electron chi connectivity index (χ0n) is 21.1. The van der Waals surface area contributed by atoms with Gasteiger partial charge in [-0.3, -0.25) is 9.59 Å². The fraction of sp³-hybridized carbons (Fsp3) is 0.769. The highest BCUT2D eigenvalue weighted by Crippen LogP contribution is 2.38. The van der Waals surface area contributed by atoms with Gasteiger partial charge in [0, 0.05) is 32.2 Å². The van der Waals surface area contributed by atoms with Crippen LogP contribution >= 0.6 is 0 Å². The van der Waals surface area contributed by atoms with Crippen LogP contribution < -0.4 is 0 Å². The molecular formula is C26H46O5Si. The molecule has 0 amide bonds. The van der Waals surface area contributed by atoms with Gasteiger partial charge in [-0.25, -0.2) is 0 Å². The van der Waals surface area contributed by atoms with Gasteiger partial charge in [0.1, 0.15) is 0 Å². The molecule has 1 heterocycles. The molecule has 0 fully saturated rings. The van der Waals surface area contributed by atoms with Crippen molar-refractivity contribution in [2.75, 3.05) is 26.4 Å². The van der Waals surface area contributed by atoms with E-state index in [2.05, 4.69) is 33.9 Å². The molecule has 0 bridgehead atoms. The molecule has 0 aromatic rings. The quantitative estimate of drug-likeness (QED) is 0.454. The van der Waals surface area contributed by atoms with E-state index in [0.717, 1.165) is 44.9 Å². The third-order valence-corrected chi connectivity index (χ3v) is 10.8. The van der Waals surface area contributed by atoms with Crippen LogP contribution in [-0.4, -0.2) is 52.4 Å². The van der Waals surface area contributed by atoms with E-state index >= 15 is 0 Å². The molecule has 0 radical (unpaired) electrons. The summed E-state index contributed by atoms with van der Waals surface area (Å²) in [4.78, 5) is 24.1. The van der Waals surface area contributed by atoms with Crippen molar-refractivity contribution in [3.05, 3.63) is 24.3 Å². The molecule has 0 aromatic carbocycles. The maximum atomic E-state index is 12.1. The van der Waals surface area contributed by atoms with Gasteiger partial charge in [0.15, 0.2) is 19.9 Å². The van der Waals surface area contributed by atoms with Crippen LogP contribution in [0.15, 0.2) is 24.3 Å². The second-order valence-electron chi connectivity index (χ2n) is 10.2. The van der Waals surface area contributed by atoms with E-state index in [1.54, 1.807) is 12.2 Å². The summed E-state index contributed by atoms with van der Waals surface area (Å²) in [5.41, 5.74) is 0. The van der Waals surface area contributed by atoms with E-state index in [1.807, 2.05) is 12.2 Å². The number of ketones is 2. The highest BCUT2D eigenvalue weighted by molar-refractivity contribution is 6.74. The summed E-state index contributed by atoms with van der Waals surface area (Å²) in [6.45, 7) is 13.5. The fourth-order valence-corrected chi connectivity index (χ4v) is 4.64. The van der Waals surface area contributed by atoms with Crippen molar-refractivity contribution in [1.29, 1.82) is 0 Å². The largest absolute Gasteiger partial charge is 0.414 e. The Bertz CT molecular complexity index is 604. The lowest BCUT2D eigenvalue weighted by Crippen LogP contribution is -2.43. The minimum Gasteiger partial charge on any atom is -0.414 e. The molecule has 32 heavy (non-hydrogen) atoms. The second-order valence-corrected chi connectivity index (χ2v) is 14.9. The molecule has 1 rings (SSSR count). The van der Waals surface area contributed by atoms with Crippen molar-refractivity contribution >= 4 is 19.9 Å². The number of allylic oxidation sites excluding steroid dienone is 4. The monoisotopic (exact) mass is 466 g/mol. The van der Waals surface area contributed by atoms with Crippen LogP contribution in [0.3, 0.4) is 0 Å². The van der Waals surface area contributed by atoms with Gasteiger partial charge in [-0.15, -0.1) is 0 Å². The number of hydrogen-bond donors (Lipinski definition) is 0. The Morgan fingerprint density at radius 1 is 0.812 bits per heavy atom. The van der Waals surface area contributed by atoms with Crippen molar-refractivity contribution in [3.8, 4) is 0 Å². The summed E-state index contributed by atoms with van der Waals surface area (Å²) in [5, 5.41) is 0.164. The van der Waals surface area contributed by atoms with Crippen molar-refractivity contribution in [3.63, 3.8) is 0 Å². The smallest absolute Gasteiger partial charge is 0.192 e. The van der Waals surface area contributed by atoms with E-state index in [-0.39, 0.29) is 22.7 Å². The Morgan fingerprint density at radius 2 is 1.34 bits per heavy atom. The van der Waals surface area contributed by atoms with Crippen molar-refractivity contribution in [2.24, 2.45) is 0 Å². The highest BCUT2D eigenvalue weighted by Gasteiger charge is 2.38. The Labute approximate surface area is 197 Å². The number of carbonyl (C=O) groups is 2. The molecule has 0 saturated carbocycles. The highest BCUT2D eigenvalue weighted by atomic mass is 28.4. The lowest BCUT2D eigenvalue weighted by Gasteiger charge is -2.39. The first-order chi connectivity index (χ1) is 15.1. The molecule has 184 valence electrons. The van der Waals surface area contributed by atoms with Crippen LogP contribution in [0.2, 0.25) is 18.1 Å². The van der Waals surface area contributed by atoms with Crippen LogP contribution in [0.4, 0.5) is 0 Å². The van der Waals surface area contributed by atoms with Crippen LogP contribution in [-0.2, 0) is 23.5 Å². The SMILES string of the molecule is CC(C)(C)[Si](C)(C)OC1CC/C=C/C(=O)CCCOCCOCCCC(=O)/C=C/CCC1. The third kappa shape index (κ3) is 13.5. The normalized spacial score (nSPS) is 24.8. The Hall–Kier alpha value is -1.08. The third-order valence-electron chi connectivity index (χ3n) is 6.22. The molecule has 0 spiro atoms. The summed E-state index contributed by atoms with van der Waals surface area (Å²) in [6, 6.07) is 0. The molecule has 1 atom stereocenters. The van der Waals surface area contributed by atoms with Gasteiger partial charge >= 0.3 is 0 Å². The molecule has 5 nitrogen and oxygen atoms in total. The summed E-state index contributed by atoms with van der Waals surface area (Å²) in [5.74, 6) is 0.319. The van der Waals surface area contributed by atoms with Gasteiger partial charge in [-0.2, -0.15) is 0 Å². The second kappa shape index (κ2) is 15.7. The number of rotatable bonds is 2. The predicted octanol–water partition coefficient (Wildman–Crippen LogP) is 6.19. The van der Waals surface area contributed by atoms with Crippen molar-refractivity contribution in [1.82, 2.24) is 0 Å². The van der Waals surface area contributed by atoms with Crippen LogP contribution in [0.1, 0.15) is 78.6 Å². The maximum Gasteiger partial charge on any atom is 0.192 e. The summed E-state index contributed by atoms with van der Waals surface area (Å²) >= 11 is 0. The van der Waals surface area contributed by atoms with Crippen LogP contribution in [0.5, 0.6) is 0 Å². The summed E-state index contributed by atoms with van der Waals surface area (Å²) in [7, 11) is -1.86. The van der Waals surface area contributed by atoms with Gasteiger partial charge in [0.05, 0.1) is 13.2 Å². The lowest BCUT2D eigenvalue weighted by atomic mass is 10.1. The first kappa shape index (κ1) is 28.9. The van der Waals surface area contributed by atoms with E-state index in [9.17, 15) is 9.59 Å². The van der Waals surface area contributed by atoms with Gasteiger partial charge in [0.25, 0.3) is 0 Å². The van der Waals surface area contributed by atoms with E-state index in [4.69, 9.17) is 13.9 Å². The molecule has 1 aliphatic heterocycles. The van der Waals surface area contributed by atoms with Gasteiger partial charge in [-0.05, 0) is 75.2 Å². The average molecular weight is 467 g/mol. The molecule has 0 aliphatic carbocycles. The zero-order valence-corrected chi connectivity index (χ0v) is 22.1. The average Bonchev–Trinajstić information content (AvgIpc) is 2.70. The van der Waals surface area contributed by atoms with Crippen molar-refractivity contribution in [2.45, 2.75) is 103 Å². The predicted molar refractivity (Wildman–Crippen MR) is 134 cm³/mol. The first-order valence-corrected chi connectivity index (χ1v) is 15.2. The fourth-order valence-electron chi connectivity index (χ4n) is 3.22. The molecule has 1 aliphatic rings. The Kier molecular flexibility index (Phi) is 14.2. The number of carbonyl (C=O) groups excluding carboxylic acids is 2. The van der Waals surface area contributed by atoms with Gasteiger partial charge < -0.3 is 13.9 Å². The summed E-state index contributed by atoms with van der Waals surface area (Å²) < 4.78 is 17.7. The number of hydrogen-bond acceptors (Lipinski definition) is 5. The first-order valence-electron chi connectivity index (χ1n) is 12.3. The van der Waals surface area contributed by atoms with Crippen molar-refractivity contribution < 1.29 is 23.5 Å². The molecule has 0 aromatic heterocycles. The van der Waals surface area contributed by atoms with E-state index in [1.165, 1.54) is 0 Å². The van der Waals surface area contributed by atoms with Crippen LogP contribution in [0, 0.1) is 0 Å². The Balaban J connectivity index is 2.68. The van der Waals surface area contributed by atoms with E-state index in [0.29, 0.717) is 39.3 Å². The van der Waals surface area contributed by atoms with Crippen LogP contribution in [0.25, 0.3) is 0 Å². The molecule has 0 N–H and O–H groups in total. The molecular weight excluding hydrogens is 420 g/mol. The van der Waals surface area contributed by atoms with Gasteiger partial charge in [0.2, 0.25) is 0 Å². The molecule has 6 heteroatoms. The summed E-state index contributed by atoms with van der Waals surface area (Å²) in [6.07, 6.45) is 14.7. The van der Waals surface area contributed by atoms with Gasteiger partial charge in [-0.1, -0.05) is 32.9 Å². The standard InChI is InChI=1S/C26H46O5Si/c1-26(2,3)32(4,5)31-25-17-8-6-7-13-23(27)15-11-19-29-21-22-30-20-12-16-24(28)14-9-10-18-25/h7,9,13-14,25H,6,8,10-12,15-22H2,1-5H3/b13-7+,14-9+. The zero-order chi connectivity index (χ0) is 23.9. The number of ether oxygens (including phenoxy) is 2. The minimum absolute atomic E-state index is 0.156. The maximum absolute atomic E-state index is 12.1. The Morgan fingerprint density at radius 3 is 1.88 bits per heavy atom.